The first kappa shape index (κ1) is 13.9. The first-order chi connectivity index (χ1) is 9.45. The number of fused-ring (bicyclic) bond motifs is 1. The standard InChI is InChI=1S/C17H23FO2/c1-11-3-8-14-15(9-11)20-16(10-17(14,2)18)12-4-6-13(19)7-5-12/h4-7,11,14-16,19H,3,8-10H2,1-2H3/t11-,14-,15-,16-,17?/m1/s1. The number of ether oxygens (including phenoxy) is 1. The molecule has 0 aromatic heterocycles. The van der Waals surface area contributed by atoms with Crippen molar-refractivity contribution in [3.8, 4) is 5.75 Å². The lowest BCUT2D eigenvalue weighted by Crippen LogP contribution is -2.49. The molecule has 20 heavy (non-hydrogen) atoms. The molecule has 1 aliphatic heterocycles. The summed E-state index contributed by atoms with van der Waals surface area (Å²) >= 11 is 0. The summed E-state index contributed by atoms with van der Waals surface area (Å²) in [5.41, 5.74) is -0.200. The molecule has 5 atom stereocenters. The predicted octanol–water partition coefficient (Wildman–Crippen LogP) is 4.39. The van der Waals surface area contributed by atoms with Crippen LogP contribution in [0.25, 0.3) is 0 Å². The van der Waals surface area contributed by atoms with Crippen LogP contribution in [-0.2, 0) is 4.74 Å². The molecule has 1 aromatic rings. The summed E-state index contributed by atoms with van der Waals surface area (Å²) < 4.78 is 21.2. The maximum Gasteiger partial charge on any atom is 0.116 e. The van der Waals surface area contributed by atoms with Gasteiger partial charge in [0.1, 0.15) is 11.4 Å². The molecule has 1 saturated heterocycles. The topological polar surface area (TPSA) is 29.5 Å². The summed E-state index contributed by atoms with van der Waals surface area (Å²) in [5, 5.41) is 9.36. The smallest absolute Gasteiger partial charge is 0.116 e. The molecule has 0 amide bonds. The number of rotatable bonds is 1. The second-order valence-corrected chi connectivity index (χ2v) is 6.76. The Morgan fingerprint density at radius 3 is 2.65 bits per heavy atom. The zero-order chi connectivity index (χ0) is 14.3. The third-order valence-corrected chi connectivity index (χ3v) is 5.02. The summed E-state index contributed by atoms with van der Waals surface area (Å²) in [6, 6.07) is 6.96. The maximum absolute atomic E-state index is 15.0. The van der Waals surface area contributed by atoms with Crippen molar-refractivity contribution in [2.75, 3.05) is 0 Å². The molecule has 2 aliphatic rings. The van der Waals surface area contributed by atoms with Gasteiger partial charge in [0.15, 0.2) is 0 Å². The molecule has 1 heterocycles. The molecule has 110 valence electrons. The van der Waals surface area contributed by atoms with E-state index in [9.17, 15) is 5.11 Å². The second-order valence-electron chi connectivity index (χ2n) is 6.76. The Bertz CT molecular complexity index is 468. The first-order valence-electron chi connectivity index (χ1n) is 7.59. The average molecular weight is 278 g/mol. The minimum absolute atomic E-state index is 0.0290. The third kappa shape index (κ3) is 2.56. The van der Waals surface area contributed by atoms with Crippen molar-refractivity contribution in [2.24, 2.45) is 11.8 Å². The van der Waals surface area contributed by atoms with Gasteiger partial charge in [-0.3, -0.25) is 0 Å². The Morgan fingerprint density at radius 1 is 1.25 bits per heavy atom. The maximum atomic E-state index is 15.0. The van der Waals surface area contributed by atoms with Crippen LogP contribution in [0, 0.1) is 11.8 Å². The number of aromatic hydroxyl groups is 1. The third-order valence-electron chi connectivity index (χ3n) is 5.02. The number of alkyl halides is 1. The van der Waals surface area contributed by atoms with E-state index in [-0.39, 0.29) is 23.9 Å². The van der Waals surface area contributed by atoms with Crippen molar-refractivity contribution in [3.63, 3.8) is 0 Å². The Kier molecular flexibility index (Phi) is 3.49. The molecule has 1 aliphatic carbocycles. The monoisotopic (exact) mass is 278 g/mol. The quantitative estimate of drug-likeness (QED) is 0.825. The zero-order valence-corrected chi connectivity index (χ0v) is 12.2. The lowest BCUT2D eigenvalue weighted by atomic mass is 9.69. The van der Waals surface area contributed by atoms with Gasteiger partial charge in [0.05, 0.1) is 12.2 Å². The SMILES string of the molecule is C[C@@H]1CC[C@@H]2[C@@H](C1)O[C@@H](c1ccc(O)cc1)CC2(C)F. The predicted molar refractivity (Wildman–Crippen MR) is 76.4 cm³/mol. The average Bonchev–Trinajstić information content (AvgIpc) is 2.38. The van der Waals surface area contributed by atoms with Gasteiger partial charge in [-0.25, -0.2) is 4.39 Å². The van der Waals surface area contributed by atoms with Crippen molar-refractivity contribution in [1.29, 1.82) is 0 Å². The Labute approximate surface area is 120 Å². The number of hydrogen-bond acceptors (Lipinski definition) is 2. The van der Waals surface area contributed by atoms with E-state index in [2.05, 4.69) is 6.92 Å². The minimum atomic E-state index is -1.16. The van der Waals surface area contributed by atoms with Gasteiger partial charge in [-0.05, 0) is 43.4 Å². The van der Waals surface area contributed by atoms with Gasteiger partial charge in [0, 0.05) is 12.3 Å². The van der Waals surface area contributed by atoms with Crippen molar-refractivity contribution in [3.05, 3.63) is 29.8 Å². The van der Waals surface area contributed by atoms with Crippen LogP contribution in [0.2, 0.25) is 0 Å². The molecule has 1 aromatic carbocycles. The van der Waals surface area contributed by atoms with Crippen molar-refractivity contribution < 1.29 is 14.2 Å². The van der Waals surface area contributed by atoms with Crippen LogP contribution >= 0.6 is 0 Å². The fraction of sp³-hybridized carbons (Fsp3) is 0.647. The molecule has 1 unspecified atom stereocenters. The van der Waals surface area contributed by atoms with E-state index in [1.165, 1.54) is 0 Å². The molecule has 3 heteroatoms. The minimum Gasteiger partial charge on any atom is -0.508 e. The lowest BCUT2D eigenvalue weighted by molar-refractivity contribution is -0.171. The molecular weight excluding hydrogens is 255 g/mol. The Morgan fingerprint density at radius 2 is 1.95 bits per heavy atom. The van der Waals surface area contributed by atoms with Crippen LogP contribution in [0.15, 0.2) is 24.3 Å². The van der Waals surface area contributed by atoms with Gasteiger partial charge < -0.3 is 9.84 Å². The van der Waals surface area contributed by atoms with E-state index in [1.54, 1.807) is 19.1 Å². The van der Waals surface area contributed by atoms with Crippen LogP contribution in [0.5, 0.6) is 5.75 Å². The van der Waals surface area contributed by atoms with Crippen LogP contribution in [0.4, 0.5) is 4.39 Å². The van der Waals surface area contributed by atoms with E-state index in [0.29, 0.717) is 12.3 Å². The lowest BCUT2D eigenvalue weighted by Gasteiger charge is -2.48. The number of halogens is 1. The molecule has 0 bridgehead atoms. The van der Waals surface area contributed by atoms with E-state index in [1.807, 2.05) is 12.1 Å². The Balaban J connectivity index is 1.83. The van der Waals surface area contributed by atoms with Crippen LogP contribution in [0.3, 0.4) is 0 Å². The van der Waals surface area contributed by atoms with Gasteiger partial charge in [-0.15, -0.1) is 0 Å². The summed E-state index contributed by atoms with van der Waals surface area (Å²) in [4.78, 5) is 0. The van der Waals surface area contributed by atoms with Gasteiger partial charge in [-0.1, -0.05) is 25.5 Å². The van der Waals surface area contributed by atoms with Gasteiger partial charge in [0.25, 0.3) is 0 Å². The molecular formula is C17H23FO2. The molecule has 1 saturated carbocycles. The first-order valence-corrected chi connectivity index (χ1v) is 7.59. The number of phenolic OH excluding ortho intramolecular Hbond substituents is 1. The largest absolute Gasteiger partial charge is 0.508 e. The molecule has 3 rings (SSSR count). The van der Waals surface area contributed by atoms with E-state index < -0.39 is 5.67 Å². The van der Waals surface area contributed by atoms with Crippen LogP contribution in [0.1, 0.15) is 51.2 Å². The molecule has 1 N–H and O–H groups in total. The normalized spacial score (nSPS) is 41.1. The van der Waals surface area contributed by atoms with E-state index >= 15 is 4.39 Å². The zero-order valence-electron chi connectivity index (χ0n) is 12.2. The number of benzene rings is 1. The highest BCUT2D eigenvalue weighted by molar-refractivity contribution is 5.28. The summed E-state index contributed by atoms with van der Waals surface area (Å²) in [6.45, 7) is 3.95. The molecule has 2 nitrogen and oxygen atoms in total. The van der Waals surface area contributed by atoms with E-state index in [0.717, 1.165) is 24.8 Å². The number of phenols is 1. The fourth-order valence-electron chi connectivity index (χ4n) is 3.83. The fourth-order valence-corrected chi connectivity index (χ4v) is 3.83. The van der Waals surface area contributed by atoms with Crippen molar-refractivity contribution in [2.45, 2.75) is 57.4 Å². The highest BCUT2D eigenvalue weighted by Crippen LogP contribution is 2.49. The Hall–Kier alpha value is -1.09. The van der Waals surface area contributed by atoms with Gasteiger partial charge in [0.2, 0.25) is 0 Å². The molecule has 2 fully saturated rings. The molecule has 0 radical (unpaired) electrons. The highest BCUT2D eigenvalue weighted by atomic mass is 19.1. The molecule has 0 spiro atoms. The van der Waals surface area contributed by atoms with Crippen LogP contribution in [-0.4, -0.2) is 16.9 Å². The summed E-state index contributed by atoms with van der Waals surface area (Å²) in [5.74, 6) is 0.884. The number of hydrogen-bond donors (Lipinski definition) is 1. The van der Waals surface area contributed by atoms with Crippen molar-refractivity contribution >= 4 is 0 Å². The van der Waals surface area contributed by atoms with Gasteiger partial charge in [-0.2, -0.15) is 0 Å². The highest BCUT2D eigenvalue weighted by Gasteiger charge is 2.49. The second kappa shape index (κ2) is 5.03. The van der Waals surface area contributed by atoms with E-state index in [4.69, 9.17) is 4.74 Å². The van der Waals surface area contributed by atoms with Crippen molar-refractivity contribution in [1.82, 2.24) is 0 Å². The summed E-state index contributed by atoms with van der Waals surface area (Å²) in [6.07, 6.45) is 3.24. The van der Waals surface area contributed by atoms with Crippen LogP contribution < -0.4 is 0 Å². The van der Waals surface area contributed by atoms with Gasteiger partial charge >= 0.3 is 0 Å². The summed E-state index contributed by atoms with van der Waals surface area (Å²) in [7, 11) is 0.